The van der Waals surface area contributed by atoms with Crippen LogP contribution in [0.25, 0.3) is 22.8 Å². The molecular weight excluding hydrogens is 448 g/mol. The van der Waals surface area contributed by atoms with Crippen LogP contribution in [0.15, 0.2) is 34.9 Å². The third-order valence-electron chi connectivity index (χ3n) is 5.40. The molecule has 3 N–H and O–H groups in total. The third-order valence-corrected chi connectivity index (χ3v) is 5.40. The molecule has 3 rings (SSSR count). The largest absolute Gasteiger partial charge is 0.490 e. The molecule has 1 atom stereocenters. The summed E-state index contributed by atoms with van der Waals surface area (Å²) >= 11 is 0. The van der Waals surface area contributed by atoms with Crippen molar-refractivity contribution in [2.45, 2.75) is 39.8 Å². The van der Waals surface area contributed by atoms with Gasteiger partial charge in [-0.2, -0.15) is 4.98 Å². The van der Waals surface area contributed by atoms with Crippen molar-refractivity contribution in [3.63, 3.8) is 0 Å². The topological polar surface area (TPSA) is 121 Å². The van der Waals surface area contributed by atoms with E-state index in [1.54, 1.807) is 0 Å². The second-order valence-electron chi connectivity index (χ2n) is 8.93. The Labute approximate surface area is 205 Å². The van der Waals surface area contributed by atoms with Gasteiger partial charge in [-0.3, -0.25) is 4.79 Å². The first-order chi connectivity index (χ1) is 16.7. The molecule has 0 fully saturated rings. The molecule has 1 amide bonds. The summed E-state index contributed by atoms with van der Waals surface area (Å²) in [4.78, 5) is 17.9. The van der Waals surface area contributed by atoms with Crippen LogP contribution in [0.2, 0.25) is 0 Å². The second kappa shape index (κ2) is 11.9. The van der Waals surface area contributed by atoms with Crippen LogP contribution in [-0.4, -0.2) is 71.1 Å². The standard InChI is InChI=1S/C26H34N4O5/c1-6-19-11-20(9-17(3)24(19)34-15-22(32)12-27-23(33)14-31)25-28-26(35-29-25)21-8-16(2)7-18(10-21)13-30(4)5/h7-11,22,31-32H,6,12-15H2,1-5H3,(H,27,33). The molecule has 0 bridgehead atoms. The van der Waals surface area contributed by atoms with Gasteiger partial charge in [-0.1, -0.05) is 23.7 Å². The van der Waals surface area contributed by atoms with Crippen LogP contribution < -0.4 is 10.1 Å². The highest BCUT2D eigenvalue weighted by Gasteiger charge is 2.17. The Balaban J connectivity index is 1.79. The summed E-state index contributed by atoms with van der Waals surface area (Å²) < 4.78 is 11.5. The predicted octanol–water partition coefficient (Wildman–Crippen LogP) is 2.49. The van der Waals surface area contributed by atoms with Gasteiger partial charge in [0.1, 0.15) is 25.1 Å². The second-order valence-corrected chi connectivity index (χ2v) is 8.93. The van der Waals surface area contributed by atoms with Crippen molar-refractivity contribution >= 4 is 5.91 Å². The van der Waals surface area contributed by atoms with Crippen molar-refractivity contribution in [2.24, 2.45) is 0 Å². The quantitative estimate of drug-likeness (QED) is 0.381. The van der Waals surface area contributed by atoms with Crippen LogP contribution in [0.4, 0.5) is 0 Å². The molecule has 0 spiro atoms. The lowest BCUT2D eigenvalue weighted by molar-refractivity contribution is -0.124. The first-order valence-electron chi connectivity index (χ1n) is 11.6. The Bertz CT molecular complexity index is 1160. The van der Waals surface area contributed by atoms with Gasteiger partial charge in [-0.25, -0.2) is 0 Å². The van der Waals surface area contributed by atoms with Gasteiger partial charge < -0.3 is 29.7 Å². The average molecular weight is 483 g/mol. The van der Waals surface area contributed by atoms with E-state index in [0.29, 0.717) is 23.9 Å². The van der Waals surface area contributed by atoms with Gasteiger partial charge in [-0.15, -0.1) is 0 Å². The SMILES string of the molecule is CCc1cc(-c2noc(-c3cc(C)cc(CN(C)C)c3)n2)cc(C)c1OCC(O)CNC(=O)CO. The summed E-state index contributed by atoms with van der Waals surface area (Å²) in [5, 5.41) is 25.5. The van der Waals surface area contributed by atoms with Crippen molar-refractivity contribution in [3.8, 4) is 28.6 Å². The number of benzene rings is 2. The summed E-state index contributed by atoms with van der Waals surface area (Å²) in [5.41, 5.74) is 5.83. The van der Waals surface area contributed by atoms with Crippen LogP contribution in [0, 0.1) is 13.8 Å². The van der Waals surface area contributed by atoms with Gasteiger partial charge in [0.15, 0.2) is 0 Å². The zero-order chi connectivity index (χ0) is 25.5. The molecule has 0 radical (unpaired) electrons. The minimum absolute atomic E-state index is 0.00115. The normalized spacial score (nSPS) is 12.1. The van der Waals surface area contributed by atoms with Gasteiger partial charge >= 0.3 is 0 Å². The van der Waals surface area contributed by atoms with Crippen LogP contribution >= 0.6 is 0 Å². The van der Waals surface area contributed by atoms with E-state index in [-0.39, 0.29) is 13.2 Å². The van der Waals surface area contributed by atoms with Gasteiger partial charge in [0.05, 0.1) is 0 Å². The van der Waals surface area contributed by atoms with E-state index in [9.17, 15) is 9.90 Å². The maximum absolute atomic E-state index is 11.2. The summed E-state index contributed by atoms with van der Waals surface area (Å²) in [6, 6.07) is 10.1. The number of amides is 1. The Morgan fingerprint density at radius 3 is 2.63 bits per heavy atom. The molecule has 188 valence electrons. The van der Waals surface area contributed by atoms with E-state index in [2.05, 4.69) is 32.5 Å². The summed E-state index contributed by atoms with van der Waals surface area (Å²) in [6.45, 7) is 6.20. The van der Waals surface area contributed by atoms with E-state index in [0.717, 1.165) is 34.4 Å². The molecule has 0 saturated heterocycles. The van der Waals surface area contributed by atoms with E-state index in [1.807, 2.05) is 53.1 Å². The number of aliphatic hydroxyl groups excluding tert-OH is 2. The highest BCUT2D eigenvalue weighted by atomic mass is 16.5. The van der Waals surface area contributed by atoms with Crippen LogP contribution in [0.3, 0.4) is 0 Å². The smallest absolute Gasteiger partial charge is 0.258 e. The fourth-order valence-corrected chi connectivity index (χ4v) is 3.87. The number of ether oxygens (including phenoxy) is 1. The number of nitrogens with zero attached hydrogens (tertiary/aromatic N) is 3. The van der Waals surface area contributed by atoms with Gasteiger partial charge in [0.25, 0.3) is 5.89 Å². The number of aliphatic hydroxyl groups is 2. The Hall–Kier alpha value is -3.27. The first kappa shape index (κ1) is 26.3. The van der Waals surface area contributed by atoms with Crippen molar-refractivity contribution in [2.75, 3.05) is 33.9 Å². The molecule has 0 aliphatic rings. The molecule has 0 saturated carbocycles. The van der Waals surface area contributed by atoms with Gasteiger partial charge in [0, 0.05) is 24.2 Å². The van der Waals surface area contributed by atoms with Crippen molar-refractivity contribution in [1.82, 2.24) is 20.4 Å². The number of hydrogen-bond donors (Lipinski definition) is 3. The van der Waals surface area contributed by atoms with Gasteiger partial charge in [0.2, 0.25) is 11.7 Å². The van der Waals surface area contributed by atoms with Crippen LogP contribution in [0.5, 0.6) is 5.75 Å². The zero-order valence-electron chi connectivity index (χ0n) is 21.0. The molecule has 1 unspecified atom stereocenters. The fraction of sp³-hybridized carbons (Fsp3) is 0.423. The van der Waals surface area contributed by atoms with E-state index in [4.69, 9.17) is 14.4 Å². The minimum Gasteiger partial charge on any atom is -0.490 e. The van der Waals surface area contributed by atoms with Crippen molar-refractivity contribution in [1.29, 1.82) is 0 Å². The Morgan fingerprint density at radius 1 is 1.17 bits per heavy atom. The van der Waals surface area contributed by atoms with Crippen molar-refractivity contribution < 1.29 is 24.3 Å². The maximum atomic E-state index is 11.2. The number of nitrogens with one attached hydrogen (secondary N) is 1. The number of aryl methyl sites for hydroxylation is 3. The molecule has 9 nitrogen and oxygen atoms in total. The monoisotopic (exact) mass is 482 g/mol. The van der Waals surface area contributed by atoms with Crippen LogP contribution in [-0.2, 0) is 17.8 Å². The lowest BCUT2D eigenvalue weighted by Crippen LogP contribution is -2.36. The molecule has 9 heteroatoms. The lowest BCUT2D eigenvalue weighted by atomic mass is 10.0. The highest BCUT2D eigenvalue weighted by Crippen LogP contribution is 2.31. The highest BCUT2D eigenvalue weighted by molar-refractivity contribution is 5.76. The Morgan fingerprint density at radius 2 is 1.94 bits per heavy atom. The predicted molar refractivity (Wildman–Crippen MR) is 133 cm³/mol. The number of hydrogen-bond acceptors (Lipinski definition) is 8. The van der Waals surface area contributed by atoms with E-state index < -0.39 is 18.6 Å². The number of carbonyl (C=O) groups is 1. The summed E-state index contributed by atoms with van der Waals surface area (Å²) in [7, 11) is 4.06. The summed E-state index contributed by atoms with van der Waals surface area (Å²) in [6.07, 6.45) is -0.196. The maximum Gasteiger partial charge on any atom is 0.258 e. The molecule has 2 aromatic carbocycles. The molecule has 3 aromatic rings. The molecule has 35 heavy (non-hydrogen) atoms. The average Bonchev–Trinajstić information content (AvgIpc) is 3.31. The minimum atomic E-state index is -0.902. The van der Waals surface area contributed by atoms with E-state index in [1.165, 1.54) is 5.56 Å². The number of rotatable bonds is 11. The van der Waals surface area contributed by atoms with Gasteiger partial charge in [-0.05, 0) is 75.3 Å². The molecule has 1 heterocycles. The molecular formula is C26H34N4O5. The van der Waals surface area contributed by atoms with Crippen molar-refractivity contribution in [3.05, 3.63) is 52.6 Å². The lowest BCUT2D eigenvalue weighted by Gasteiger charge is -2.17. The fourth-order valence-electron chi connectivity index (χ4n) is 3.87. The molecule has 1 aromatic heterocycles. The number of carbonyl (C=O) groups excluding carboxylic acids is 1. The Kier molecular flexibility index (Phi) is 8.97. The first-order valence-corrected chi connectivity index (χ1v) is 11.6. The number of aromatic nitrogens is 2. The molecule has 0 aliphatic carbocycles. The van der Waals surface area contributed by atoms with E-state index >= 15 is 0 Å². The van der Waals surface area contributed by atoms with Crippen LogP contribution in [0.1, 0.15) is 29.2 Å². The molecule has 0 aliphatic heterocycles. The third kappa shape index (κ3) is 7.11. The summed E-state index contributed by atoms with van der Waals surface area (Å²) in [5.74, 6) is 1.09. The zero-order valence-corrected chi connectivity index (χ0v) is 21.0.